The SMILES string of the molecule is CC(=O)c1ccc(-c2cncc3[nH]c(-c4n[nH]c5c(-c6cncc(NC(=O)C(C)C)c6)nccc45)nc23)s1. The standard InChI is InChI=1S/C27H22N8O2S/c1-13(2)27(37)31-16-8-15(9-28-10-16)22-24-17(6-7-30-22)25(35-34-24)26-32-19-12-29-11-18(23(19)33-26)21-5-4-20(38-21)14(3)36/h4-13H,1-3H3,(H,31,37)(H,32,33)(H,34,35). The number of thiophene rings is 1. The molecule has 0 fully saturated rings. The molecule has 0 aliphatic rings. The number of aromatic amines is 2. The summed E-state index contributed by atoms with van der Waals surface area (Å²) in [5.41, 5.74) is 5.70. The molecule has 0 radical (unpaired) electrons. The van der Waals surface area contributed by atoms with Gasteiger partial charge < -0.3 is 10.3 Å². The van der Waals surface area contributed by atoms with Crippen LogP contribution in [0.15, 0.2) is 55.2 Å². The molecule has 38 heavy (non-hydrogen) atoms. The molecule has 0 aromatic carbocycles. The topological polar surface area (TPSA) is 142 Å². The highest BCUT2D eigenvalue weighted by atomic mass is 32.1. The van der Waals surface area contributed by atoms with Gasteiger partial charge in [0.15, 0.2) is 11.6 Å². The molecule has 6 aromatic rings. The van der Waals surface area contributed by atoms with Crippen LogP contribution in [0, 0.1) is 5.92 Å². The maximum atomic E-state index is 12.2. The van der Waals surface area contributed by atoms with Crippen LogP contribution in [0.25, 0.3) is 55.2 Å². The van der Waals surface area contributed by atoms with E-state index in [0.717, 1.165) is 37.9 Å². The predicted molar refractivity (Wildman–Crippen MR) is 147 cm³/mol. The van der Waals surface area contributed by atoms with Crippen LogP contribution < -0.4 is 5.32 Å². The van der Waals surface area contributed by atoms with E-state index >= 15 is 0 Å². The fourth-order valence-electron chi connectivity index (χ4n) is 4.17. The third kappa shape index (κ3) is 4.12. The Morgan fingerprint density at radius 2 is 1.87 bits per heavy atom. The summed E-state index contributed by atoms with van der Waals surface area (Å²) >= 11 is 1.42. The molecular formula is C27H22N8O2S. The Balaban J connectivity index is 1.41. The van der Waals surface area contributed by atoms with Crippen molar-refractivity contribution in [1.82, 2.24) is 35.1 Å². The van der Waals surface area contributed by atoms with E-state index in [4.69, 9.17) is 4.98 Å². The first-order valence-electron chi connectivity index (χ1n) is 11.9. The van der Waals surface area contributed by atoms with Crippen molar-refractivity contribution in [1.29, 1.82) is 0 Å². The zero-order valence-corrected chi connectivity index (χ0v) is 21.6. The van der Waals surface area contributed by atoms with Gasteiger partial charge in [-0.2, -0.15) is 5.10 Å². The normalized spacial score (nSPS) is 11.5. The Morgan fingerprint density at radius 3 is 2.66 bits per heavy atom. The highest BCUT2D eigenvalue weighted by molar-refractivity contribution is 7.17. The summed E-state index contributed by atoms with van der Waals surface area (Å²) in [7, 11) is 0. The molecule has 0 aliphatic heterocycles. The average molecular weight is 523 g/mol. The lowest BCUT2D eigenvalue weighted by atomic mass is 10.1. The number of fused-ring (bicyclic) bond motifs is 2. The van der Waals surface area contributed by atoms with Crippen LogP contribution in [-0.2, 0) is 4.79 Å². The quantitative estimate of drug-likeness (QED) is 0.246. The smallest absolute Gasteiger partial charge is 0.226 e. The lowest BCUT2D eigenvalue weighted by molar-refractivity contribution is -0.118. The van der Waals surface area contributed by atoms with Gasteiger partial charge in [0.1, 0.15) is 11.2 Å². The Hall–Kier alpha value is -4.77. The molecule has 0 spiro atoms. The summed E-state index contributed by atoms with van der Waals surface area (Å²) in [6.07, 6.45) is 8.49. The number of carbonyl (C=O) groups is 2. The molecule has 0 saturated heterocycles. The van der Waals surface area contributed by atoms with Crippen molar-refractivity contribution in [3.8, 4) is 33.2 Å². The number of hydrogen-bond donors (Lipinski definition) is 3. The predicted octanol–water partition coefficient (Wildman–Crippen LogP) is 5.48. The van der Waals surface area contributed by atoms with E-state index in [-0.39, 0.29) is 17.6 Å². The van der Waals surface area contributed by atoms with Crippen LogP contribution in [0.2, 0.25) is 0 Å². The minimum Gasteiger partial charge on any atom is -0.335 e. The number of pyridine rings is 3. The number of Topliss-reactive ketones (excluding diaryl/α,β-unsaturated/α-hetero) is 1. The summed E-state index contributed by atoms with van der Waals surface area (Å²) in [4.78, 5) is 47.0. The minimum absolute atomic E-state index is 0.0274. The fraction of sp³-hybridized carbons (Fsp3) is 0.148. The summed E-state index contributed by atoms with van der Waals surface area (Å²) in [6.45, 7) is 5.23. The van der Waals surface area contributed by atoms with Gasteiger partial charge in [-0.1, -0.05) is 13.8 Å². The molecule has 10 nitrogen and oxygen atoms in total. The Morgan fingerprint density at radius 1 is 1.03 bits per heavy atom. The zero-order chi connectivity index (χ0) is 26.4. The van der Waals surface area contributed by atoms with Crippen molar-refractivity contribution in [2.75, 3.05) is 5.32 Å². The van der Waals surface area contributed by atoms with Gasteiger partial charge in [-0.15, -0.1) is 11.3 Å². The van der Waals surface area contributed by atoms with Crippen molar-refractivity contribution < 1.29 is 9.59 Å². The molecule has 0 bridgehead atoms. The highest BCUT2D eigenvalue weighted by Gasteiger charge is 2.19. The van der Waals surface area contributed by atoms with E-state index in [9.17, 15) is 9.59 Å². The van der Waals surface area contributed by atoms with E-state index in [1.54, 1.807) is 37.9 Å². The summed E-state index contributed by atoms with van der Waals surface area (Å²) in [5.74, 6) is 0.375. The molecule has 6 heterocycles. The fourth-order valence-corrected chi connectivity index (χ4v) is 5.08. The van der Waals surface area contributed by atoms with Gasteiger partial charge in [0.05, 0.1) is 39.7 Å². The van der Waals surface area contributed by atoms with Crippen LogP contribution in [-0.4, -0.2) is 46.8 Å². The molecule has 6 rings (SSSR count). The molecule has 6 aromatic heterocycles. The maximum Gasteiger partial charge on any atom is 0.226 e. The van der Waals surface area contributed by atoms with Crippen molar-refractivity contribution >= 4 is 50.7 Å². The van der Waals surface area contributed by atoms with E-state index < -0.39 is 0 Å². The summed E-state index contributed by atoms with van der Waals surface area (Å²) < 4.78 is 0. The Bertz CT molecular complexity index is 1850. The van der Waals surface area contributed by atoms with Gasteiger partial charge in [-0.3, -0.25) is 29.6 Å². The second-order valence-electron chi connectivity index (χ2n) is 9.15. The summed E-state index contributed by atoms with van der Waals surface area (Å²) in [5, 5.41) is 11.4. The third-order valence-corrected chi connectivity index (χ3v) is 7.35. The first-order chi connectivity index (χ1) is 18.4. The van der Waals surface area contributed by atoms with Gasteiger partial charge in [0.2, 0.25) is 5.91 Å². The van der Waals surface area contributed by atoms with Crippen molar-refractivity contribution in [3.63, 3.8) is 0 Å². The van der Waals surface area contributed by atoms with Gasteiger partial charge in [0, 0.05) is 45.9 Å². The number of nitrogens with zero attached hydrogens (tertiary/aromatic N) is 5. The molecule has 188 valence electrons. The largest absolute Gasteiger partial charge is 0.335 e. The lowest BCUT2D eigenvalue weighted by Gasteiger charge is -2.09. The third-order valence-electron chi connectivity index (χ3n) is 6.13. The van der Waals surface area contributed by atoms with Gasteiger partial charge >= 0.3 is 0 Å². The highest BCUT2D eigenvalue weighted by Crippen LogP contribution is 2.35. The zero-order valence-electron chi connectivity index (χ0n) is 20.7. The van der Waals surface area contributed by atoms with E-state index in [0.29, 0.717) is 27.8 Å². The number of ketones is 1. The lowest BCUT2D eigenvalue weighted by Crippen LogP contribution is -2.17. The van der Waals surface area contributed by atoms with Crippen LogP contribution in [0.4, 0.5) is 5.69 Å². The van der Waals surface area contributed by atoms with Crippen LogP contribution in [0.1, 0.15) is 30.4 Å². The van der Waals surface area contributed by atoms with Gasteiger partial charge in [0.25, 0.3) is 0 Å². The second-order valence-corrected chi connectivity index (χ2v) is 10.2. The van der Waals surface area contributed by atoms with Crippen molar-refractivity contribution in [2.45, 2.75) is 20.8 Å². The van der Waals surface area contributed by atoms with Crippen LogP contribution in [0.3, 0.4) is 0 Å². The van der Waals surface area contributed by atoms with E-state index in [2.05, 4.69) is 35.5 Å². The first-order valence-corrected chi connectivity index (χ1v) is 12.8. The average Bonchev–Trinajstić information content (AvgIpc) is 3.66. The molecule has 0 saturated carbocycles. The van der Waals surface area contributed by atoms with E-state index in [1.807, 2.05) is 38.1 Å². The number of hydrogen-bond acceptors (Lipinski definition) is 8. The Labute approximate surface area is 220 Å². The van der Waals surface area contributed by atoms with Gasteiger partial charge in [-0.05, 0) is 31.2 Å². The molecule has 0 atom stereocenters. The molecule has 0 unspecified atom stereocenters. The van der Waals surface area contributed by atoms with Crippen LogP contribution >= 0.6 is 11.3 Å². The number of imidazole rings is 1. The number of rotatable bonds is 6. The molecule has 11 heteroatoms. The number of H-pyrrole nitrogens is 2. The first kappa shape index (κ1) is 23.6. The van der Waals surface area contributed by atoms with Crippen molar-refractivity contribution in [3.05, 3.63) is 60.1 Å². The number of amides is 1. The number of nitrogens with one attached hydrogen (secondary N) is 3. The minimum atomic E-state index is -0.147. The molecule has 0 aliphatic carbocycles. The van der Waals surface area contributed by atoms with Crippen LogP contribution in [0.5, 0.6) is 0 Å². The second kappa shape index (κ2) is 9.27. The van der Waals surface area contributed by atoms with E-state index in [1.165, 1.54) is 11.3 Å². The molecular weight excluding hydrogens is 500 g/mol. The Kier molecular flexibility index (Phi) is 5.76. The number of carbonyl (C=O) groups excluding carboxylic acids is 2. The van der Waals surface area contributed by atoms with Crippen molar-refractivity contribution in [2.24, 2.45) is 5.92 Å². The molecule has 1 amide bonds. The monoisotopic (exact) mass is 522 g/mol. The number of anilines is 1. The van der Waals surface area contributed by atoms with Gasteiger partial charge in [-0.25, -0.2) is 4.98 Å². The molecule has 3 N–H and O–H groups in total. The number of aromatic nitrogens is 7. The maximum absolute atomic E-state index is 12.2. The summed E-state index contributed by atoms with van der Waals surface area (Å²) in [6, 6.07) is 7.45.